The minimum atomic E-state index is -4.99. The number of benzene rings is 2. The minimum absolute atomic E-state index is 0.000360. The standard InChI is InChI=1S/C19H15F6N3O2S/c1-2-30-13-3-4-14-15(8-13)28-17(27-14)31-9-16(29)26-12-6-10(18(20,21)22)5-11(7-12)19(23,24)25/h3-8H,2,9H2,1H3,(H,26,29)(H,27,28)/p+1. The minimum Gasteiger partial charge on any atom is -0.494 e. The number of aromatic nitrogens is 2. The molecule has 3 aromatic rings. The fourth-order valence-electron chi connectivity index (χ4n) is 2.70. The van der Waals surface area contributed by atoms with Crippen LogP contribution in [0.4, 0.5) is 32.0 Å². The van der Waals surface area contributed by atoms with Crippen LogP contribution < -0.4 is 15.0 Å². The number of fused-ring (bicyclic) bond motifs is 1. The van der Waals surface area contributed by atoms with E-state index in [0.29, 0.717) is 35.2 Å². The maximum atomic E-state index is 12.9. The summed E-state index contributed by atoms with van der Waals surface area (Å²) in [6.07, 6.45) is -9.98. The third-order valence-corrected chi connectivity index (χ3v) is 4.92. The van der Waals surface area contributed by atoms with E-state index in [1.54, 1.807) is 18.2 Å². The molecule has 0 radical (unpaired) electrons. The molecule has 0 aliphatic rings. The molecule has 0 fully saturated rings. The summed E-state index contributed by atoms with van der Waals surface area (Å²) in [6, 6.07) is 6.19. The number of imidazole rings is 1. The van der Waals surface area contributed by atoms with Crippen LogP contribution in [-0.2, 0) is 17.1 Å². The summed E-state index contributed by atoms with van der Waals surface area (Å²) in [7, 11) is 0. The summed E-state index contributed by atoms with van der Waals surface area (Å²) >= 11 is 1.00. The first kappa shape index (κ1) is 22.8. The highest BCUT2D eigenvalue weighted by Gasteiger charge is 2.37. The van der Waals surface area contributed by atoms with Gasteiger partial charge in [0, 0.05) is 11.8 Å². The van der Waals surface area contributed by atoms with E-state index >= 15 is 0 Å². The van der Waals surface area contributed by atoms with Crippen molar-refractivity contribution in [2.75, 3.05) is 17.7 Å². The van der Waals surface area contributed by atoms with Crippen molar-refractivity contribution in [2.24, 2.45) is 0 Å². The van der Waals surface area contributed by atoms with E-state index < -0.39 is 35.1 Å². The Morgan fingerprint density at radius 2 is 1.71 bits per heavy atom. The second-order valence-electron chi connectivity index (χ2n) is 6.35. The van der Waals surface area contributed by atoms with Crippen molar-refractivity contribution in [2.45, 2.75) is 24.4 Å². The fourth-order valence-corrected chi connectivity index (χ4v) is 3.41. The maximum Gasteiger partial charge on any atom is 0.416 e. The number of nitrogens with one attached hydrogen (secondary N) is 3. The van der Waals surface area contributed by atoms with E-state index in [9.17, 15) is 31.1 Å². The first-order valence-electron chi connectivity index (χ1n) is 8.85. The van der Waals surface area contributed by atoms with E-state index in [1.165, 1.54) is 0 Å². The topological polar surface area (TPSA) is 68.3 Å². The molecule has 166 valence electrons. The van der Waals surface area contributed by atoms with Gasteiger partial charge in [-0.2, -0.15) is 26.3 Å². The zero-order valence-corrected chi connectivity index (χ0v) is 16.7. The largest absolute Gasteiger partial charge is 0.494 e. The van der Waals surface area contributed by atoms with Gasteiger partial charge in [0.1, 0.15) is 5.75 Å². The van der Waals surface area contributed by atoms with Crippen molar-refractivity contribution in [3.05, 3.63) is 47.5 Å². The van der Waals surface area contributed by atoms with Crippen LogP contribution in [0.15, 0.2) is 41.6 Å². The second kappa shape index (κ2) is 8.69. The van der Waals surface area contributed by atoms with Crippen LogP contribution in [0.3, 0.4) is 0 Å². The molecule has 1 aromatic heterocycles. The second-order valence-corrected chi connectivity index (χ2v) is 7.34. The van der Waals surface area contributed by atoms with Crippen LogP contribution in [0.2, 0.25) is 0 Å². The Morgan fingerprint density at radius 3 is 2.29 bits per heavy atom. The van der Waals surface area contributed by atoms with Gasteiger partial charge in [-0.05, 0) is 49.0 Å². The van der Waals surface area contributed by atoms with E-state index in [-0.39, 0.29) is 11.8 Å². The lowest BCUT2D eigenvalue weighted by Gasteiger charge is -2.14. The molecule has 0 bridgehead atoms. The number of anilines is 1. The first-order chi connectivity index (χ1) is 14.5. The van der Waals surface area contributed by atoms with E-state index in [2.05, 4.69) is 15.3 Å². The number of ether oxygens (including phenoxy) is 1. The lowest BCUT2D eigenvalue weighted by Crippen LogP contribution is -2.17. The van der Waals surface area contributed by atoms with E-state index in [4.69, 9.17) is 4.74 Å². The summed E-state index contributed by atoms with van der Waals surface area (Å²) in [5.41, 5.74) is -2.14. The predicted octanol–water partition coefficient (Wildman–Crippen LogP) is 5.15. The number of H-pyrrole nitrogens is 2. The van der Waals surface area contributed by atoms with Gasteiger partial charge in [-0.3, -0.25) is 4.79 Å². The Balaban J connectivity index is 1.71. The van der Waals surface area contributed by atoms with Gasteiger partial charge in [0.05, 0.1) is 23.5 Å². The molecule has 0 saturated heterocycles. The Morgan fingerprint density at radius 1 is 1.06 bits per heavy atom. The summed E-state index contributed by atoms with van der Waals surface area (Å²) in [6.45, 7) is 2.33. The molecule has 0 atom stereocenters. The molecule has 31 heavy (non-hydrogen) atoms. The van der Waals surface area contributed by atoms with Crippen LogP contribution in [-0.4, -0.2) is 23.3 Å². The van der Waals surface area contributed by atoms with Gasteiger partial charge >= 0.3 is 17.5 Å². The Bertz CT molecular complexity index is 1060. The van der Waals surface area contributed by atoms with Crippen LogP contribution in [0, 0.1) is 0 Å². The number of carbonyl (C=O) groups excluding carboxylic acids is 1. The third-order valence-electron chi connectivity index (χ3n) is 4.02. The van der Waals surface area contributed by atoms with Crippen molar-refractivity contribution in [1.29, 1.82) is 0 Å². The van der Waals surface area contributed by atoms with Gasteiger partial charge < -0.3 is 10.1 Å². The highest BCUT2D eigenvalue weighted by molar-refractivity contribution is 7.99. The molecule has 0 aliphatic carbocycles. The molecule has 0 spiro atoms. The molecule has 1 amide bonds. The molecule has 5 nitrogen and oxygen atoms in total. The molecule has 3 N–H and O–H groups in total. The molecule has 1 heterocycles. The van der Waals surface area contributed by atoms with Crippen LogP contribution in [0.5, 0.6) is 5.75 Å². The van der Waals surface area contributed by atoms with Crippen molar-refractivity contribution in [1.82, 2.24) is 4.98 Å². The number of carbonyl (C=O) groups is 1. The van der Waals surface area contributed by atoms with Gasteiger partial charge in [-0.1, -0.05) is 0 Å². The molecule has 0 aliphatic heterocycles. The lowest BCUT2D eigenvalue weighted by molar-refractivity contribution is -0.396. The smallest absolute Gasteiger partial charge is 0.416 e. The first-order valence-corrected chi connectivity index (χ1v) is 9.84. The van der Waals surface area contributed by atoms with Crippen molar-refractivity contribution < 1.29 is 40.9 Å². The van der Waals surface area contributed by atoms with Gasteiger partial charge in [0.25, 0.3) is 0 Å². The van der Waals surface area contributed by atoms with Crippen LogP contribution >= 0.6 is 11.8 Å². The third kappa shape index (κ3) is 5.84. The predicted molar refractivity (Wildman–Crippen MR) is 102 cm³/mol. The maximum absolute atomic E-state index is 12.9. The zero-order valence-electron chi connectivity index (χ0n) is 15.9. The Kier molecular flexibility index (Phi) is 6.39. The summed E-state index contributed by atoms with van der Waals surface area (Å²) in [4.78, 5) is 18.2. The summed E-state index contributed by atoms with van der Waals surface area (Å²) in [5.74, 6) is -0.372. The Hall–Kier alpha value is -2.89. The van der Waals surface area contributed by atoms with Gasteiger partial charge in [-0.15, -0.1) is 0 Å². The number of thioether (sulfide) groups is 1. The number of aromatic amines is 2. The van der Waals surface area contributed by atoms with Gasteiger partial charge in [-0.25, -0.2) is 9.97 Å². The van der Waals surface area contributed by atoms with Crippen LogP contribution in [0.1, 0.15) is 18.1 Å². The van der Waals surface area contributed by atoms with Crippen molar-refractivity contribution in [3.8, 4) is 5.75 Å². The average molecular weight is 464 g/mol. The number of hydrogen-bond donors (Lipinski definition) is 2. The quantitative estimate of drug-likeness (QED) is 0.392. The summed E-state index contributed by atoms with van der Waals surface area (Å²) in [5, 5.41) is 2.57. The SMILES string of the molecule is CCOc1ccc2[nH+]c(SCC(=O)Nc3cc(C(F)(F)F)cc(C(F)(F)F)c3)[nH]c2c1. The van der Waals surface area contributed by atoms with Gasteiger partial charge in [0.2, 0.25) is 5.91 Å². The number of amides is 1. The molecule has 0 saturated carbocycles. The molecule has 2 aromatic carbocycles. The van der Waals surface area contributed by atoms with E-state index in [1.807, 2.05) is 6.92 Å². The lowest BCUT2D eigenvalue weighted by atomic mass is 10.1. The number of hydrogen-bond acceptors (Lipinski definition) is 3. The average Bonchev–Trinajstić information content (AvgIpc) is 3.07. The number of alkyl halides is 6. The van der Waals surface area contributed by atoms with Crippen molar-refractivity contribution >= 4 is 34.4 Å². The molecular formula is C19H16F6N3O2S+. The monoisotopic (exact) mass is 464 g/mol. The molecular weight excluding hydrogens is 448 g/mol. The van der Waals surface area contributed by atoms with Crippen LogP contribution in [0.25, 0.3) is 11.0 Å². The Labute approximate surface area is 176 Å². The van der Waals surface area contributed by atoms with Gasteiger partial charge in [0.15, 0.2) is 11.0 Å². The zero-order chi connectivity index (χ0) is 22.8. The van der Waals surface area contributed by atoms with E-state index in [0.717, 1.165) is 17.3 Å². The fraction of sp³-hybridized carbons (Fsp3) is 0.263. The summed E-state index contributed by atoms with van der Waals surface area (Å²) < 4.78 is 82.9. The molecule has 0 unspecified atom stereocenters. The normalized spacial score (nSPS) is 12.2. The number of halogens is 6. The molecule has 3 rings (SSSR count). The highest BCUT2D eigenvalue weighted by atomic mass is 32.2. The van der Waals surface area contributed by atoms with Crippen molar-refractivity contribution in [3.63, 3.8) is 0 Å². The number of rotatable bonds is 6. The molecule has 12 heteroatoms. The highest BCUT2D eigenvalue weighted by Crippen LogP contribution is 2.37.